The van der Waals surface area contributed by atoms with Crippen molar-refractivity contribution in [1.82, 2.24) is 0 Å². The summed E-state index contributed by atoms with van der Waals surface area (Å²) in [5.41, 5.74) is -1.34. The molecule has 0 radical (unpaired) electrons. The van der Waals surface area contributed by atoms with Crippen molar-refractivity contribution < 1.29 is 23.9 Å². The molecule has 0 aromatic rings. The van der Waals surface area contributed by atoms with E-state index in [2.05, 4.69) is 0 Å². The average Bonchev–Trinajstić information content (AvgIpc) is 2.30. The molecular weight excluding hydrogens is 255 g/mol. The van der Waals surface area contributed by atoms with Gasteiger partial charge in [-0.25, -0.2) is 4.79 Å². The van der Waals surface area contributed by atoms with Crippen molar-refractivity contribution in [2.75, 3.05) is 26.0 Å². The van der Waals surface area contributed by atoms with Crippen molar-refractivity contribution >= 4 is 14.4 Å². The highest BCUT2D eigenvalue weighted by Gasteiger charge is 2.49. The van der Waals surface area contributed by atoms with Gasteiger partial charge in [-0.3, -0.25) is 4.57 Å². The molecule has 1 N–H and O–H groups in total. The Morgan fingerprint density at radius 1 is 1.33 bits per heavy atom. The lowest BCUT2D eigenvalue weighted by Gasteiger charge is -2.37. The van der Waals surface area contributed by atoms with E-state index in [-0.39, 0.29) is 40.4 Å². The number of carbonyl (C=O) groups is 1. The van der Waals surface area contributed by atoms with Gasteiger partial charge >= 0.3 is 5.97 Å². The van der Waals surface area contributed by atoms with Gasteiger partial charge in [-0.1, -0.05) is 13.8 Å². The summed E-state index contributed by atoms with van der Waals surface area (Å²) in [6.07, 6.45) is -0.0108. The number of hydrogen-bond donors (Lipinski definition) is 1. The minimum Gasteiger partial charge on any atom is -0.464 e. The van der Waals surface area contributed by atoms with Crippen LogP contribution < -0.4 is 0 Å². The molecule has 0 amide bonds. The van der Waals surface area contributed by atoms with Crippen LogP contribution >= 0.6 is 8.46 Å². The minimum atomic E-state index is -1.34. The van der Waals surface area contributed by atoms with Gasteiger partial charge in [-0.2, -0.15) is 0 Å². The Morgan fingerprint density at radius 2 is 1.94 bits per heavy atom. The molecule has 6 heteroatoms. The number of esters is 1. The van der Waals surface area contributed by atoms with Gasteiger partial charge in [0, 0.05) is 19.1 Å². The van der Waals surface area contributed by atoms with Gasteiger partial charge < -0.3 is 14.6 Å². The molecule has 0 rings (SSSR count). The lowest BCUT2D eigenvalue weighted by Crippen LogP contribution is -2.54. The van der Waals surface area contributed by atoms with Gasteiger partial charge in [-0.15, -0.1) is 0 Å². The Balaban J connectivity index is 5.42. The summed E-state index contributed by atoms with van der Waals surface area (Å²) in [4.78, 5) is 12.1. The molecule has 0 spiro atoms. The van der Waals surface area contributed by atoms with Crippen molar-refractivity contribution in [2.24, 2.45) is 11.8 Å². The lowest BCUT2D eigenvalue weighted by molar-refractivity contribution is -0.181. The third-order valence-electron chi connectivity index (χ3n) is 2.92. The van der Waals surface area contributed by atoms with E-state index in [4.69, 9.17) is 9.47 Å². The van der Waals surface area contributed by atoms with Crippen LogP contribution in [0.1, 0.15) is 27.7 Å². The molecule has 18 heavy (non-hydrogen) atoms. The van der Waals surface area contributed by atoms with Crippen LogP contribution in [-0.4, -0.2) is 42.7 Å². The van der Waals surface area contributed by atoms with Crippen LogP contribution in [0.4, 0.5) is 0 Å². The Kier molecular flexibility index (Phi) is 8.32. The summed E-state index contributed by atoms with van der Waals surface area (Å²) < 4.78 is 21.6. The normalized spacial score (nSPS) is 16.6. The summed E-state index contributed by atoms with van der Waals surface area (Å²) in [6, 6.07) is 0. The zero-order valence-corrected chi connectivity index (χ0v) is 12.4. The molecule has 2 unspecified atom stereocenters. The third kappa shape index (κ3) is 4.01. The van der Waals surface area contributed by atoms with Gasteiger partial charge in [0.1, 0.15) is 0 Å². The van der Waals surface area contributed by atoms with E-state index in [1.165, 1.54) is 0 Å². The van der Waals surface area contributed by atoms with Gasteiger partial charge in [0.2, 0.25) is 0 Å². The first-order valence-corrected chi connectivity index (χ1v) is 7.21. The Labute approximate surface area is 110 Å². The SMILES string of the molecule is CCOC(=O)C(CP=O)(OCC)C(CO)C(C)C. The second-order valence-electron chi connectivity index (χ2n) is 4.36. The Bertz CT molecular complexity index is 269. The Hall–Kier alpha value is -0.510. The van der Waals surface area contributed by atoms with Crippen LogP contribution in [0, 0.1) is 11.8 Å². The van der Waals surface area contributed by atoms with Crippen molar-refractivity contribution in [3.05, 3.63) is 0 Å². The van der Waals surface area contributed by atoms with Crippen LogP contribution in [0.3, 0.4) is 0 Å². The second-order valence-corrected chi connectivity index (χ2v) is 4.94. The first-order chi connectivity index (χ1) is 8.49. The van der Waals surface area contributed by atoms with Crippen LogP contribution in [0.15, 0.2) is 0 Å². The largest absolute Gasteiger partial charge is 0.464 e. The van der Waals surface area contributed by atoms with Gasteiger partial charge in [0.05, 0.1) is 12.8 Å². The predicted molar refractivity (Wildman–Crippen MR) is 68.9 cm³/mol. The van der Waals surface area contributed by atoms with Crippen LogP contribution in [0.5, 0.6) is 0 Å². The molecule has 0 bridgehead atoms. The maximum atomic E-state index is 12.1. The van der Waals surface area contributed by atoms with Gasteiger partial charge in [0.25, 0.3) is 0 Å². The Morgan fingerprint density at radius 3 is 2.28 bits per heavy atom. The fourth-order valence-electron chi connectivity index (χ4n) is 2.05. The van der Waals surface area contributed by atoms with E-state index in [9.17, 15) is 14.5 Å². The second kappa shape index (κ2) is 8.57. The molecule has 0 fully saturated rings. The molecule has 0 saturated heterocycles. The lowest BCUT2D eigenvalue weighted by atomic mass is 9.81. The molecule has 0 aromatic heterocycles. The minimum absolute atomic E-state index is 0.00714. The number of aliphatic hydroxyl groups excluding tert-OH is 1. The predicted octanol–water partition coefficient (Wildman–Crippen LogP) is 1.88. The zero-order valence-electron chi connectivity index (χ0n) is 11.5. The van der Waals surface area contributed by atoms with E-state index in [1.807, 2.05) is 13.8 Å². The van der Waals surface area contributed by atoms with Crippen LogP contribution in [0.2, 0.25) is 0 Å². The molecule has 0 aromatic carbocycles. The van der Waals surface area contributed by atoms with Crippen LogP contribution in [0.25, 0.3) is 0 Å². The monoisotopic (exact) mass is 278 g/mol. The van der Waals surface area contributed by atoms with Crippen molar-refractivity contribution in [1.29, 1.82) is 0 Å². The maximum absolute atomic E-state index is 12.1. The molecular formula is C12H23O5P. The van der Waals surface area contributed by atoms with Crippen molar-refractivity contribution in [2.45, 2.75) is 33.3 Å². The standard InChI is InChI=1S/C12H23O5P/c1-5-16-11(14)12(8-18-15,17-6-2)10(7-13)9(3)4/h9-10,13H,5-8H2,1-4H3. The average molecular weight is 278 g/mol. The quantitative estimate of drug-likeness (QED) is 0.515. The number of hydrogen-bond acceptors (Lipinski definition) is 5. The number of carbonyl (C=O) groups excluding carboxylic acids is 1. The molecule has 2 atom stereocenters. The van der Waals surface area contributed by atoms with E-state index in [0.717, 1.165) is 0 Å². The first-order valence-electron chi connectivity index (χ1n) is 6.21. The molecule has 0 aliphatic carbocycles. The maximum Gasteiger partial charge on any atom is 0.339 e. The topological polar surface area (TPSA) is 72.8 Å². The first kappa shape index (κ1) is 17.5. The fraction of sp³-hybridized carbons (Fsp3) is 0.917. The fourth-order valence-corrected chi connectivity index (χ4v) is 2.69. The highest BCUT2D eigenvalue weighted by molar-refractivity contribution is 7.23. The van der Waals surface area contributed by atoms with Crippen LogP contribution in [-0.2, 0) is 18.8 Å². The van der Waals surface area contributed by atoms with E-state index < -0.39 is 17.5 Å². The highest BCUT2D eigenvalue weighted by atomic mass is 31.1. The van der Waals surface area contributed by atoms with Crippen molar-refractivity contribution in [3.63, 3.8) is 0 Å². The van der Waals surface area contributed by atoms with E-state index in [0.29, 0.717) is 0 Å². The molecule has 0 aliphatic heterocycles. The molecule has 0 aliphatic rings. The summed E-state index contributed by atoms with van der Waals surface area (Å²) in [5.74, 6) is -0.992. The number of rotatable bonds is 9. The van der Waals surface area contributed by atoms with Gasteiger partial charge in [0.15, 0.2) is 14.1 Å². The highest BCUT2D eigenvalue weighted by Crippen LogP contribution is 2.33. The molecule has 5 nitrogen and oxygen atoms in total. The molecule has 0 heterocycles. The molecule has 106 valence electrons. The van der Waals surface area contributed by atoms with E-state index in [1.54, 1.807) is 13.8 Å². The zero-order chi connectivity index (χ0) is 14.2. The van der Waals surface area contributed by atoms with Gasteiger partial charge in [-0.05, 0) is 19.8 Å². The summed E-state index contributed by atoms with van der Waals surface area (Å²) in [6.45, 7) is 7.52. The smallest absolute Gasteiger partial charge is 0.339 e. The molecule has 0 saturated carbocycles. The van der Waals surface area contributed by atoms with E-state index >= 15 is 0 Å². The number of aliphatic hydroxyl groups is 1. The van der Waals surface area contributed by atoms with Crippen molar-refractivity contribution in [3.8, 4) is 0 Å². The number of ether oxygens (including phenoxy) is 2. The summed E-state index contributed by atoms with van der Waals surface area (Å²) in [5, 5.41) is 9.51. The third-order valence-corrected chi connectivity index (χ3v) is 3.52. The summed E-state index contributed by atoms with van der Waals surface area (Å²) in [7, 11) is -0.203. The summed E-state index contributed by atoms with van der Waals surface area (Å²) >= 11 is 0.